The summed E-state index contributed by atoms with van der Waals surface area (Å²) in [6.45, 7) is 2.58. The molecule has 1 atom stereocenters. The molecule has 0 saturated heterocycles. The minimum atomic E-state index is 0.0742. The molecule has 0 amide bonds. The maximum atomic E-state index is 8.87. The smallest absolute Gasteiger partial charge is 0.101 e. The molecule has 4 heteroatoms. The average Bonchev–Trinajstić information content (AvgIpc) is 2.15. The van der Waals surface area contributed by atoms with Crippen LogP contribution < -0.4 is 11.1 Å². The topological polar surface area (TPSA) is 61.8 Å². The van der Waals surface area contributed by atoms with Gasteiger partial charge in [0, 0.05) is 17.1 Å². The molecule has 74 valence electrons. The molecule has 0 aliphatic heterocycles. The first-order valence-electron chi connectivity index (χ1n) is 4.32. The minimum absolute atomic E-state index is 0.0742. The van der Waals surface area contributed by atoms with Gasteiger partial charge in [-0.25, -0.2) is 0 Å². The number of hydrogen-bond acceptors (Lipinski definition) is 3. The molecule has 0 bridgehead atoms. The SMILES string of the molecule is CC(N)CNc1ccc(Br)cc1C#N. The molecule has 0 radical (unpaired) electrons. The third-order valence-corrected chi connectivity index (χ3v) is 2.21. The summed E-state index contributed by atoms with van der Waals surface area (Å²) in [5.74, 6) is 0. The summed E-state index contributed by atoms with van der Waals surface area (Å²) in [4.78, 5) is 0. The van der Waals surface area contributed by atoms with Crippen molar-refractivity contribution in [3.05, 3.63) is 28.2 Å². The number of nitrogens with two attached hydrogens (primary N) is 1. The van der Waals surface area contributed by atoms with Crippen LogP contribution in [-0.4, -0.2) is 12.6 Å². The monoisotopic (exact) mass is 253 g/mol. The Labute approximate surface area is 92.0 Å². The highest BCUT2D eigenvalue weighted by atomic mass is 79.9. The Morgan fingerprint density at radius 2 is 2.36 bits per heavy atom. The molecule has 0 heterocycles. The zero-order valence-corrected chi connectivity index (χ0v) is 9.51. The van der Waals surface area contributed by atoms with Gasteiger partial charge in [-0.2, -0.15) is 5.26 Å². The Morgan fingerprint density at radius 3 is 2.93 bits per heavy atom. The number of rotatable bonds is 3. The van der Waals surface area contributed by atoms with Crippen molar-refractivity contribution in [1.29, 1.82) is 5.26 Å². The summed E-state index contributed by atoms with van der Waals surface area (Å²) in [7, 11) is 0. The minimum Gasteiger partial charge on any atom is -0.382 e. The lowest BCUT2D eigenvalue weighted by Gasteiger charge is -2.10. The van der Waals surface area contributed by atoms with Crippen molar-refractivity contribution in [2.24, 2.45) is 5.73 Å². The Kier molecular flexibility index (Phi) is 3.93. The summed E-state index contributed by atoms with van der Waals surface area (Å²) >= 11 is 3.31. The van der Waals surface area contributed by atoms with Crippen LogP contribution in [0.2, 0.25) is 0 Å². The Hall–Kier alpha value is -1.05. The van der Waals surface area contributed by atoms with Gasteiger partial charge in [0.15, 0.2) is 0 Å². The number of nitrogens with zero attached hydrogens (tertiary/aromatic N) is 1. The van der Waals surface area contributed by atoms with Crippen LogP contribution >= 0.6 is 15.9 Å². The Morgan fingerprint density at radius 1 is 1.64 bits per heavy atom. The number of benzene rings is 1. The van der Waals surface area contributed by atoms with Crippen LogP contribution in [0, 0.1) is 11.3 Å². The molecule has 0 spiro atoms. The molecule has 0 aromatic heterocycles. The number of halogens is 1. The standard InChI is InChI=1S/C10H12BrN3/c1-7(13)6-14-10-3-2-9(11)4-8(10)5-12/h2-4,7,14H,6,13H2,1H3. The van der Waals surface area contributed by atoms with E-state index in [-0.39, 0.29) is 6.04 Å². The molecule has 3 N–H and O–H groups in total. The molecule has 14 heavy (non-hydrogen) atoms. The van der Waals surface area contributed by atoms with E-state index in [1.165, 1.54) is 0 Å². The lowest BCUT2D eigenvalue weighted by atomic mass is 10.2. The first-order chi connectivity index (χ1) is 6.63. The van der Waals surface area contributed by atoms with Crippen LogP contribution in [0.25, 0.3) is 0 Å². The number of nitriles is 1. The number of nitrogens with one attached hydrogen (secondary N) is 1. The summed E-state index contributed by atoms with van der Waals surface area (Å²) in [5, 5.41) is 12.0. The van der Waals surface area contributed by atoms with Gasteiger partial charge in [0.2, 0.25) is 0 Å². The summed E-state index contributed by atoms with van der Waals surface area (Å²) in [6.07, 6.45) is 0. The highest BCUT2D eigenvalue weighted by molar-refractivity contribution is 9.10. The van der Waals surface area contributed by atoms with E-state index in [1.807, 2.05) is 19.1 Å². The maximum absolute atomic E-state index is 8.87. The van der Waals surface area contributed by atoms with E-state index in [9.17, 15) is 0 Å². The van der Waals surface area contributed by atoms with Gasteiger partial charge < -0.3 is 11.1 Å². The van der Waals surface area contributed by atoms with Gasteiger partial charge in [-0.05, 0) is 25.1 Å². The molecule has 1 aromatic rings. The first kappa shape index (κ1) is 11.0. The van der Waals surface area contributed by atoms with Gasteiger partial charge in [-0.3, -0.25) is 0 Å². The lowest BCUT2D eigenvalue weighted by molar-refractivity contribution is 0.780. The fourth-order valence-electron chi connectivity index (χ4n) is 1.03. The van der Waals surface area contributed by atoms with Crippen molar-refractivity contribution < 1.29 is 0 Å². The van der Waals surface area contributed by atoms with Crippen LogP contribution in [0.15, 0.2) is 22.7 Å². The number of hydrogen-bond donors (Lipinski definition) is 2. The predicted molar refractivity (Wildman–Crippen MR) is 61.0 cm³/mol. The van der Waals surface area contributed by atoms with Crippen LogP contribution in [0.4, 0.5) is 5.69 Å². The second-order valence-electron chi connectivity index (χ2n) is 3.16. The third kappa shape index (κ3) is 3.02. The molecule has 0 fully saturated rings. The van der Waals surface area contributed by atoms with Crippen LogP contribution in [0.3, 0.4) is 0 Å². The van der Waals surface area contributed by atoms with Crippen molar-refractivity contribution in [3.63, 3.8) is 0 Å². The second kappa shape index (κ2) is 4.99. The van der Waals surface area contributed by atoms with E-state index in [4.69, 9.17) is 11.0 Å². The Bertz CT molecular complexity index is 355. The predicted octanol–water partition coefficient (Wildman–Crippen LogP) is 2.08. The summed E-state index contributed by atoms with van der Waals surface area (Å²) in [5.41, 5.74) is 7.06. The highest BCUT2D eigenvalue weighted by Crippen LogP contribution is 2.19. The molecule has 1 rings (SSSR count). The maximum Gasteiger partial charge on any atom is 0.101 e. The Balaban J connectivity index is 2.82. The highest BCUT2D eigenvalue weighted by Gasteiger charge is 2.02. The molecular formula is C10H12BrN3. The number of anilines is 1. The zero-order valence-electron chi connectivity index (χ0n) is 7.92. The van der Waals surface area contributed by atoms with E-state index in [2.05, 4.69) is 27.3 Å². The van der Waals surface area contributed by atoms with Crippen molar-refractivity contribution in [1.82, 2.24) is 0 Å². The van der Waals surface area contributed by atoms with Gasteiger partial charge >= 0.3 is 0 Å². The molecule has 0 aliphatic carbocycles. The largest absolute Gasteiger partial charge is 0.382 e. The van der Waals surface area contributed by atoms with Crippen molar-refractivity contribution in [2.75, 3.05) is 11.9 Å². The van der Waals surface area contributed by atoms with Gasteiger partial charge in [-0.1, -0.05) is 15.9 Å². The van der Waals surface area contributed by atoms with Crippen molar-refractivity contribution in [3.8, 4) is 6.07 Å². The zero-order chi connectivity index (χ0) is 10.6. The van der Waals surface area contributed by atoms with E-state index in [0.29, 0.717) is 12.1 Å². The molecule has 0 aliphatic rings. The average molecular weight is 254 g/mol. The van der Waals surface area contributed by atoms with Crippen LogP contribution in [0.5, 0.6) is 0 Å². The van der Waals surface area contributed by atoms with Crippen molar-refractivity contribution >= 4 is 21.6 Å². The fraction of sp³-hybridized carbons (Fsp3) is 0.300. The van der Waals surface area contributed by atoms with Gasteiger partial charge in [0.05, 0.1) is 11.3 Å². The molecule has 3 nitrogen and oxygen atoms in total. The molecule has 1 unspecified atom stereocenters. The fourth-order valence-corrected chi connectivity index (χ4v) is 1.40. The lowest BCUT2D eigenvalue weighted by Crippen LogP contribution is -2.25. The van der Waals surface area contributed by atoms with E-state index in [1.54, 1.807) is 6.07 Å². The first-order valence-corrected chi connectivity index (χ1v) is 5.12. The quantitative estimate of drug-likeness (QED) is 0.868. The summed E-state index contributed by atoms with van der Waals surface area (Å²) in [6, 6.07) is 7.74. The van der Waals surface area contributed by atoms with Gasteiger partial charge in [0.1, 0.15) is 6.07 Å². The van der Waals surface area contributed by atoms with E-state index >= 15 is 0 Å². The van der Waals surface area contributed by atoms with Crippen LogP contribution in [0.1, 0.15) is 12.5 Å². The van der Waals surface area contributed by atoms with Gasteiger partial charge in [0.25, 0.3) is 0 Å². The van der Waals surface area contributed by atoms with Gasteiger partial charge in [-0.15, -0.1) is 0 Å². The second-order valence-corrected chi connectivity index (χ2v) is 4.08. The van der Waals surface area contributed by atoms with E-state index < -0.39 is 0 Å². The molecule has 0 saturated carbocycles. The summed E-state index contributed by atoms with van der Waals surface area (Å²) < 4.78 is 0.903. The van der Waals surface area contributed by atoms with E-state index in [0.717, 1.165) is 10.2 Å². The third-order valence-electron chi connectivity index (χ3n) is 1.72. The normalized spacial score (nSPS) is 11.9. The molecular weight excluding hydrogens is 242 g/mol. The molecule has 1 aromatic carbocycles. The van der Waals surface area contributed by atoms with Crippen LogP contribution in [-0.2, 0) is 0 Å². The van der Waals surface area contributed by atoms with Crippen molar-refractivity contribution in [2.45, 2.75) is 13.0 Å².